The van der Waals surface area contributed by atoms with Crippen LogP contribution < -0.4 is 5.73 Å². The molecule has 0 aliphatic heterocycles. The van der Waals surface area contributed by atoms with Crippen molar-refractivity contribution in [1.82, 2.24) is 4.90 Å². The summed E-state index contributed by atoms with van der Waals surface area (Å²) >= 11 is 0. The van der Waals surface area contributed by atoms with Crippen molar-refractivity contribution in [3.05, 3.63) is 23.3 Å². The van der Waals surface area contributed by atoms with Crippen molar-refractivity contribution in [2.24, 2.45) is 11.7 Å². The summed E-state index contributed by atoms with van der Waals surface area (Å²) in [7, 11) is 0. The van der Waals surface area contributed by atoms with Gasteiger partial charge in [-0.15, -0.1) is 0 Å². The van der Waals surface area contributed by atoms with Gasteiger partial charge in [0.15, 0.2) is 0 Å². The highest BCUT2D eigenvalue weighted by atomic mass is 16.2. The van der Waals surface area contributed by atoms with Crippen molar-refractivity contribution < 1.29 is 9.59 Å². The van der Waals surface area contributed by atoms with Gasteiger partial charge >= 0.3 is 11.8 Å². The lowest BCUT2D eigenvalue weighted by Gasteiger charge is -2.26. The minimum Gasteiger partial charge on any atom is -0.361 e. The molecule has 19 heavy (non-hydrogen) atoms. The minimum atomic E-state index is -0.874. The number of rotatable bonds is 5. The molecule has 0 heterocycles. The van der Waals surface area contributed by atoms with Crippen LogP contribution in [0.15, 0.2) is 23.3 Å². The minimum absolute atomic E-state index is 0.358. The molecule has 0 spiro atoms. The highest BCUT2D eigenvalue weighted by molar-refractivity contribution is 6.34. The van der Waals surface area contributed by atoms with Gasteiger partial charge in [-0.3, -0.25) is 9.59 Å². The molecule has 0 bridgehead atoms. The van der Waals surface area contributed by atoms with E-state index in [-0.39, 0.29) is 0 Å². The Morgan fingerprint density at radius 1 is 1.37 bits per heavy atom. The standard InChI is InChI=1S/C15H24N2O2/c1-4-11(2)9-17(15(19)14(16)18)10-13-8-6-5-7-12(13)3/h7-8,11H,4-6,9-10H2,1-3H3,(H2,16,18). The van der Waals surface area contributed by atoms with E-state index < -0.39 is 11.8 Å². The highest BCUT2D eigenvalue weighted by Gasteiger charge is 2.22. The number of hydrogen-bond acceptors (Lipinski definition) is 2. The van der Waals surface area contributed by atoms with Crippen molar-refractivity contribution in [3.8, 4) is 0 Å². The Labute approximate surface area is 115 Å². The first-order valence-electron chi connectivity index (χ1n) is 6.90. The van der Waals surface area contributed by atoms with Crippen LogP contribution in [-0.4, -0.2) is 29.8 Å². The molecule has 1 atom stereocenters. The van der Waals surface area contributed by atoms with Crippen LogP contribution in [0.4, 0.5) is 0 Å². The molecule has 0 aromatic carbocycles. The summed E-state index contributed by atoms with van der Waals surface area (Å²) in [6.07, 6.45) is 7.33. The molecule has 1 aliphatic carbocycles. The number of primary amides is 1. The van der Waals surface area contributed by atoms with Crippen molar-refractivity contribution in [1.29, 1.82) is 0 Å². The molecule has 4 nitrogen and oxygen atoms in total. The van der Waals surface area contributed by atoms with E-state index in [4.69, 9.17) is 5.73 Å². The molecule has 0 saturated heterocycles. The zero-order chi connectivity index (χ0) is 14.4. The molecule has 0 aromatic rings. The number of nitrogens with zero attached hydrogens (tertiary/aromatic N) is 1. The van der Waals surface area contributed by atoms with Crippen LogP contribution in [-0.2, 0) is 9.59 Å². The lowest BCUT2D eigenvalue weighted by atomic mass is 9.98. The fourth-order valence-corrected chi connectivity index (χ4v) is 2.12. The largest absolute Gasteiger partial charge is 0.361 e. The van der Waals surface area contributed by atoms with E-state index in [0.717, 1.165) is 24.8 Å². The van der Waals surface area contributed by atoms with E-state index in [2.05, 4.69) is 26.0 Å². The maximum absolute atomic E-state index is 11.9. The van der Waals surface area contributed by atoms with Crippen LogP contribution >= 0.6 is 0 Å². The lowest BCUT2D eigenvalue weighted by molar-refractivity contribution is -0.144. The molecule has 0 radical (unpaired) electrons. The monoisotopic (exact) mass is 264 g/mol. The van der Waals surface area contributed by atoms with Gasteiger partial charge in [-0.2, -0.15) is 0 Å². The van der Waals surface area contributed by atoms with Gasteiger partial charge in [0.25, 0.3) is 0 Å². The summed E-state index contributed by atoms with van der Waals surface area (Å²) < 4.78 is 0. The van der Waals surface area contributed by atoms with Crippen LogP contribution in [0.5, 0.6) is 0 Å². The van der Waals surface area contributed by atoms with Gasteiger partial charge in [0, 0.05) is 13.1 Å². The summed E-state index contributed by atoms with van der Waals surface area (Å²) in [5, 5.41) is 0. The molecule has 4 heteroatoms. The smallest absolute Gasteiger partial charge is 0.311 e. The van der Waals surface area contributed by atoms with E-state index in [1.54, 1.807) is 4.90 Å². The number of allylic oxidation sites excluding steroid dienone is 2. The lowest BCUT2D eigenvalue weighted by Crippen LogP contribution is -2.43. The summed E-state index contributed by atoms with van der Waals surface area (Å²) in [4.78, 5) is 24.6. The quantitative estimate of drug-likeness (QED) is 0.772. The molecule has 1 aliphatic rings. The van der Waals surface area contributed by atoms with Crippen molar-refractivity contribution >= 4 is 11.8 Å². The first kappa shape index (κ1) is 15.5. The average molecular weight is 264 g/mol. The SMILES string of the molecule is CCC(C)CN(CC1=CCCC=C1C)C(=O)C(N)=O. The molecule has 106 valence electrons. The number of amides is 2. The van der Waals surface area contributed by atoms with Crippen molar-refractivity contribution in [3.63, 3.8) is 0 Å². The van der Waals surface area contributed by atoms with E-state index in [1.807, 2.05) is 6.92 Å². The Morgan fingerprint density at radius 3 is 2.53 bits per heavy atom. The Hall–Kier alpha value is -1.58. The van der Waals surface area contributed by atoms with Gasteiger partial charge in [-0.05, 0) is 31.3 Å². The molecule has 0 saturated carbocycles. The third kappa shape index (κ3) is 4.54. The second kappa shape index (κ2) is 7.12. The zero-order valence-electron chi connectivity index (χ0n) is 12.1. The maximum Gasteiger partial charge on any atom is 0.311 e. The van der Waals surface area contributed by atoms with E-state index >= 15 is 0 Å². The number of carbonyl (C=O) groups is 2. The van der Waals surface area contributed by atoms with Crippen LogP contribution in [0, 0.1) is 5.92 Å². The van der Waals surface area contributed by atoms with Gasteiger partial charge in [0.05, 0.1) is 0 Å². The van der Waals surface area contributed by atoms with Gasteiger partial charge in [0.1, 0.15) is 0 Å². The predicted molar refractivity (Wildman–Crippen MR) is 76.3 cm³/mol. The van der Waals surface area contributed by atoms with Gasteiger partial charge < -0.3 is 10.6 Å². The van der Waals surface area contributed by atoms with Gasteiger partial charge in [-0.1, -0.05) is 38.0 Å². The fraction of sp³-hybridized carbons (Fsp3) is 0.600. The fourth-order valence-electron chi connectivity index (χ4n) is 2.12. The van der Waals surface area contributed by atoms with Crippen LogP contribution in [0.25, 0.3) is 0 Å². The highest BCUT2D eigenvalue weighted by Crippen LogP contribution is 2.20. The predicted octanol–water partition coefficient (Wildman–Crippen LogP) is 2.01. The third-order valence-corrected chi connectivity index (χ3v) is 3.60. The van der Waals surface area contributed by atoms with Crippen LogP contribution in [0.2, 0.25) is 0 Å². The molecule has 0 fully saturated rings. The molecule has 1 unspecified atom stereocenters. The number of carbonyl (C=O) groups excluding carboxylic acids is 2. The topological polar surface area (TPSA) is 63.4 Å². The summed E-state index contributed by atoms with van der Waals surface area (Å²) in [5.74, 6) is -1.10. The second-order valence-electron chi connectivity index (χ2n) is 5.26. The Morgan fingerprint density at radius 2 is 2.00 bits per heavy atom. The number of hydrogen-bond donors (Lipinski definition) is 1. The first-order valence-corrected chi connectivity index (χ1v) is 6.90. The Kier molecular flexibility index (Phi) is 5.80. The van der Waals surface area contributed by atoms with Crippen molar-refractivity contribution in [2.45, 2.75) is 40.0 Å². The maximum atomic E-state index is 11.9. The van der Waals surface area contributed by atoms with Gasteiger partial charge in [0.2, 0.25) is 0 Å². The molecule has 0 aromatic heterocycles. The molecule has 2 amide bonds. The molecule has 2 N–H and O–H groups in total. The van der Waals surface area contributed by atoms with Gasteiger partial charge in [-0.25, -0.2) is 0 Å². The van der Waals surface area contributed by atoms with Crippen LogP contribution in [0.1, 0.15) is 40.0 Å². The van der Waals surface area contributed by atoms with E-state index in [9.17, 15) is 9.59 Å². The normalized spacial score (nSPS) is 16.4. The zero-order valence-corrected chi connectivity index (χ0v) is 12.1. The number of nitrogens with two attached hydrogens (primary N) is 1. The van der Waals surface area contributed by atoms with Crippen LogP contribution in [0.3, 0.4) is 0 Å². The molecular weight excluding hydrogens is 240 g/mol. The van der Waals surface area contributed by atoms with E-state index in [1.165, 1.54) is 5.57 Å². The summed E-state index contributed by atoms with van der Waals surface area (Å²) in [5.41, 5.74) is 7.45. The van der Waals surface area contributed by atoms with Crippen molar-refractivity contribution in [2.75, 3.05) is 13.1 Å². The third-order valence-electron chi connectivity index (χ3n) is 3.60. The first-order chi connectivity index (χ1) is 8.95. The van der Waals surface area contributed by atoms with E-state index in [0.29, 0.717) is 19.0 Å². The Balaban J connectivity index is 2.79. The summed E-state index contributed by atoms with van der Waals surface area (Å²) in [6.45, 7) is 7.24. The Bertz CT molecular complexity index is 410. The summed E-state index contributed by atoms with van der Waals surface area (Å²) in [6, 6.07) is 0. The molecule has 1 rings (SSSR count). The second-order valence-corrected chi connectivity index (χ2v) is 5.26. The molecular formula is C15H24N2O2. The average Bonchev–Trinajstić information content (AvgIpc) is 2.39.